The van der Waals surface area contributed by atoms with Gasteiger partial charge in [-0.25, -0.2) is 0 Å². The maximum absolute atomic E-state index is 13.3. The van der Waals surface area contributed by atoms with E-state index < -0.39 is 0 Å². The molecule has 3 nitrogen and oxygen atoms in total. The number of para-hydroxylation sites is 1. The molecule has 3 heteroatoms. The van der Waals surface area contributed by atoms with E-state index in [0.29, 0.717) is 0 Å². The maximum atomic E-state index is 13.3. The molecule has 0 spiro atoms. The molecule has 24 heavy (non-hydrogen) atoms. The van der Waals surface area contributed by atoms with E-state index in [1.807, 2.05) is 90.8 Å². The van der Waals surface area contributed by atoms with Crippen LogP contribution in [0.25, 0.3) is 0 Å². The van der Waals surface area contributed by atoms with Crippen molar-refractivity contribution in [1.29, 1.82) is 0 Å². The Bertz CT molecular complexity index is 875. The third kappa shape index (κ3) is 2.44. The minimum Gasteiger partial charge on any atom is -0.297 e. The van der Waals surface area contributed by atoms with E-state index in [0.717, 1.165) is 28.1 Å². The van der Waals surface area contributed by atoms with Crippen LogP contribution in [0.4, 0.5) is 11.4 Å². The Morgan fingerprint density at radius 1 is 0.875 bits per heavy atom. The summed E-state index contributed by atoms with van der Waals surface area (Å²) >= 11 is 0. The number of nitrogens with one attached hydrogen (secondary N) is 1. The van der Waals surface area contributed by atoms with Crippen molar-refractivity contribution >= 4 is 17.2 Å². The number of hydrogen-bond donors (Lipinski definition) is 1. The van der Waals surface area contributed by atoms with Gasteiger partial charge in [-0.1, -0.05) is 60.2 Å². The molecule has 1 heterocycles. The molecule has 3 aromatic rings. The monoisotopic (exact) mass is 314 g/mol. The summed E-state index contributed by atoms with van der Waals surface area (Å²) in [6.07, 6.45) is 0. The lowest BCUT2D eigenvalue weighted by molar-refractivity contribution is 0.0955. The van der Waals surface area contributed by atoms with Gasteiger partial charge >= 0.3 is 0 Å². The van der Waals surface area contributed by atoms with Crippen LogP contribution in [0.1, 0.15) is 27.5 Å². The highest BCUT2D eigenvalue weighted by atomic mass is 16.1. The van der Waals surface area contributed by atoms with Gasteiger partial charge in [0.1, 0.15) is 6.04 Å². The Morgan fingerprint density at radius 3 is 2.25 bits per heavy atom. The van der Waals surface area contributed by atoms with Crippen molar-refractivity contribution in [3.05, 3.63) is 95.6 Å². The number of rotatable bonds is 2. The first-order valence-corrected chi connectivity index (χ1v) is 8.05. The molecule has 1 atom stereocenters. The fraction of sp³-hybridized carbons (Fsp3) is 0.0952. The van der Waals surface area contributed by atoms with Gasteiger partial charge in [0.15, 0.2) is 5.78 Å². The highest BCUT2D eigenvalue weighted by Crippen LogP contribution is 2.37. The van der Waals surface area contributed by atoms with Gasteiger partial charge in [-0.05, 0) is 36.8 Å². The molecular formula is C21H18N2O. The summed E-state index contributed by atoms with van der Waals surface area (Å²) in [5, 5.41) is 1.95. The second kappa shape index (κ2) is 5.85. The summed E-state index contributed by atoms with van der Waals surface area (Å²) in [6, 6.07) is 25.4. The van der Waals surface area contributed by atoms with Gasteiger partial charge in [-0.2, -0.15) is 0 Å². The zero-order chi connectivity index (χ0) is 16.5. The number of hydrazine groups is 1. The van der Waals surface area contributed by atoms with Gasteiger partial charge in [0.05, 0.1) is 11.4 Å². The number of carbonyl (C=O) groups is 1. The summed E-state index contributed by atoms with van der Waals surface area (Å²) in [6.45, 7) is 2.01. The Kier molecular flexibility index (Phi) is 3.54. The molecule has 1 aliphatic heterocycles. The predicted octanol–water partition coefficient (Wildman–Crippen LogP) is 4.77. The Balaban J connectivity index is 1.88. The van der Waals surface area contributed by atoms with E-state index in [1.54, 1.807) is 0 Å². The van der Waals surface area contributed by atoms with Crippen LogP contribution in [-0.2, 0) is 0 Å². The fourth-order valence-corrected chi connectivity index (χ4v) is 3.16. The molecule has 3 aromatic carbocycles. The Morgan fingerprint density at radius 2 is 1.54 bits per heavy atom. The number of anilines is 2. The molecule has 0 saturated carbocycles. The molecule has 0 saturated heterocycles. The maximum Gasteiger partial charge on any atom is 0.193 e. The van der Waals surface area contributed by atoms with E-state index in [1.165, 1.54) is 0 Å². The number of benzene rings is 3. The second-order valence-electron chi connectivity index (χ2n) is 6.04. The number of nitrogens with zero attached hydrogens (tertiary/aromatic N) is 1. The summed E-state index contributed by atoms with van der Waals surface area (Å²) in [5.41, 5.74) is 8.06. The largest absolute Gasteiger partial charge is 0.297 e. The lowest BCUT2D eigenvalue weighted by Crippen LogP contribution is -2.43. The van der Waals surface area contributed by atoms with Crippen molar-refractivity contribution in [2.45, 2.75) is 13.0 Å². The normalized spacial score (nSPS) is 16.5. The zero-order valence-electron chi connectivity index (χ0n) is 13.4. The van der Waals surface area contributed by atoms with Crippen LogP contribution in [0.3, 0.4) is 0 Å². The average Bonchev–Trinajstić information content (AvgIpc) is 2.63. The lowest BCUT2D eigenvalue weighted by Gasteiger charge is -2.38. The van der Waals surface area contributed by atoms with Crippen LogP contribution in [0.5, 0.6) is 0 Å². The van der Waals surface area contributed by atoms with E-state index in [-0.39, 0.29) is 11.8 Å². The van der Waals surface area contributed by atoms with E-state index in [4.69, 9.17) is 0 Å². The van der Waals surface area contributed by atoms with Crippen LogP contribution in [0.15, 0.2) is 78.9 Å². The zero-order valence-corrected chi connectivity index (χ0v) is 13.4. The number of hydrogen-bond acceptors (Lipinski definition) is 3. The molecule has 118 valence electrons. The van der Waals surface area contributed by atoms with Crippen molar-refractivity contribution in [1.82, 2.24) is 0 Å². The number of ketones is 1. The first-order valence-electron chi connectivity index (χ1n) is 8.05. The molecule has 0 fully saturated rings. The molecule has 0 radical (unpaired) electrons. The Labute approximate surface area is 141 Å². The van der Waals surface area contributed by atoms with Crippen LogP contribution < -0.4 is 10.4 Å². The Hall–Kier alpha value is -3.07. The van der Waals surface area contributed by atoms with Gasteiger partial charge in [-0.3, -0.25) is 15.2 Å². The van der Waals surface area contributed by atoms with Crippen molar-refractivity contribution in [2.75, 3.05) is 10.4 Å². The SMILES string of the molecule is Cc1ccc2c(c1)C(=O)C(c1ccccc1)N(c1ccccc1)N2. The molecular weight excluding hydrogens is 296 g/mol. The fourth-order valence-electron chi connectivity index (χ4n) is 3.16. The average molecular weight is 314 g/mol. The van der Waals surface area contributed by atoms with Gasteiger partial charge in [0.2, 0.25) is 0 Å². The van der Waals surface area contributed by atoms with Crippen LogP contribution in [-0.4, -0.2) is 5.78 Å². The first kappa shape index (κ1) is 14.5. The molecule has 0 aromatic heterocycles. The third-order valence-electron chi connectivity index (χ3n) is 4.34. The van der Waals surface area contributed by atoms with E-state index in [9.17, 15) is 4.79 Å². The smallest absolute Gasteiger partial charge is 0.193 e. The highest BCUT2D eigenvalue weighted by Gasteiger charge is 2.35. The van der Waals surface area contributed by atoms with Crippen LogP contribution >= 0.6 is 0 Å². The van der Waals surface area contributed by atoms with Crippen molar-refractivity contribution in [3.8, 4) is 0 Å². The molecule has 4 rings (SSSR count). The molecule has 0 aliphatic carbocycles. The van der Waals surface area contributed by atoms with Gasteiger partial charge < -0.3 is 0 Å². The van der Waals surface area contributed by atoms with Crippen LogP contribution in [0, 0.1) is 6.92 Å². The predicted molar refractivity (Wildman–Crippen MR) is 97.2 cm³/mol. The van der Waals surface area contributed by atoms with Crippen LogP contribution in [0.2, 0.25) is 0 Å². The third-order valence-corrected chi connectivity index (χ3v) is 4.34. The van der Waals surface area contributed by atoms with E-state index >= 15 is 0 Å². The molecule has 0 bridgehead atoms. The summed E-state index contributed by atoms with van der Waals surface area (Å²) < 4.78 is 0. The number of carbonyl (C=O) groups excluding carboxylic acids is 1. The lowest BCUT2D eigenvalue weighted by atomic mass is 9.92. The number of aryl methyl sites for hydroxylation is 1. The van der Waals surface area contributed by atoms with Crippen molar-refractivity contribution in [3.63, 3.8) is 0 Å². The minimum atomic E-state index is -0.386. The topological polar surface area (TPSA) is 32.3 Å². The quantitative estimate of drug-likeness (QED) is 0.740. The first-order chi connectivity index (χ1) is 11.7. The highest BCUT2D eigenvalue weighted by molar-refractivity contribution is 6.09. The summed E-state index contributed by atoms with van der Waals surface area (Å²) in [7, 11) is 0. The number of Topliss-reactive ketones (excluding diaryl/α,β-unsaturated/α-hetero) is 1. The van der Waals surface area contributed by atoms with Crippen molar-refractivity contribution < 1.29 is 4.79 Å². The van der Waals surface area contributed by atoms with E-state index in [2.05, 4.69) is 5.43 Å². The van der Waals surface area contributed by atoms with Gasteiger partial charge in [-0.15, -0.1) is 0 Å². The summed E-state index contributed by atoms with van der Waals surface area (Å²) in [4.78, 5) is 13.3. The standard InChI is InChI=1S/C21H18N2O/c1-15-12-13-19-18(14-15)21(24)20(16-8-4-2-5-9-16)23(22-19)17-10-6-3-7-11-17/h2-14,20,22H,1H3. The molecule has 1 aliphatic rings. The summed E-state index contributed by atoms with van der Waals surface area (Å²) in [5.74, 6) is 0.113. The van der Waals surface area contributed by atoms with Crippen molar-refractivity contribution in [2.24, 2.45) is 0 Å². The van der Waals surface area contributed by atoms with Gasteiger partial charge in [0, 0.05) is 5.56 Å². The van der Waals surface area contributed by atoms with Gasteiger partial charge in [0.25, 0.3) is 0 Å². The second-order valence-corrected chi connectivity index (χ2v) is 6.04. The molecule has 1 N–H and O–H groups in total. The molecule has 1 unspecified atom stereocenters. The minimum absolute atomic E-state index is 0.113. The molecule has 0 amide bonds. The number of fused-ring (bicyclic) bond motifs is 1.